The van der Waals surface area contributed by atoms with Gasteiger partial charge in [-0.15, -0.1) is 0 Å². The van der Waals surface area contributed by atoms with E-state index in [0.717, 1.165) is 0 Å². The molecule has 0 spiro atoms. The van der Waals surface area contributed by atoms with Crippen LogP contribution in [0, 0.1) is 0 Å². The van der Waals surface area contributed by atoms with Crippen LogP contribution in [-0.2, 0) is 0 Å². The van der Waals surface area contributed by atoms with Crippen LogP contribution in [0.3, 0.4) is 0 Å². The number of aromatic nitrogens is 1. The zero-order valence-electron chi connectivity index (χ0n) is 8.55. The van der Waals surface area contributed by atoms with Crippen LogP contribution >= 0.6 is 0 Å². The first-order valence-electron chi connectivity index (χ1n) is 4.49. The van der Waals surface area contributed by atoms with Crippen LogP contribution in [0.25, 0.3) is 0 Å². The van der Waals surface area contributed by atoms with Crippen molar-refractivity contribution < 1.29 is 4.74 Å². The van der Waals surface area contributed by atoms with Crippen LogP contribution in [0.4, 0.5) is 11.4 Å². The SMILES string of the molecule is CCOc1ncc(N)cc1N(N)/C=C\N. The van der Waals surface area contributed by atoms with Crippen LogP contribution < -0.4 is 27.1 Å². The Morgan fingerprint density at radius 1 is 1.60 bits per heavy atom. The lowest BCUT2D eigenvalue weighted by molar-refractivity contribution is 0.327. The zero-order chi connectivity index (χ0) is 11.3. The van der Waals surface area contributed by atoms with Gasteiger partial charge in [0.25, 0.3) is 0 Å². The van der Waals surface area contributed by atoms with Crippen molar-refractivity contribution in [2.24, 2.45) is 11.6 Å². The molecular formula is C9H15N5O. The van der Waals surface area contributed by atoms with Crippen molar-refractivity contribution in [2.75, 3.05) is 17.3 Å². The second kappa shape index (κ2) is 5.06. The topological polar surface area (TPSA) is 103 Å². The first kappa shape index (κ1) is 11.1. The smallest absolute Gasteiger partial charge is 0.239 e. The van der Waals surface area contributed by atoms with Gasteiger partial charge >= 0.3 is 0 Å². The van der Waals surface area contributed by atoms with Crippen LogP contribution in [-0.4, -0.2) is 11.6 Å². The molecule has 0 fully saturated rings. The third-order valence-electron chi connectivity index (χ3n) is 1.66. The Morgan fingerprint density at radius 2 is 2.33 bits per heavy atom. The molecule has 6 nitrogen and oxygen atoms in total. The van der Waals surface area contributed by atoms with Gasteiger partial charge in [0.2, 0.25) is 5.88 Å². The summed E-state index contributed by atoms with van der Waals surface area (Å²) >= 11 is 0. The van der Waals surface area contributed by atoms with Gasteiger partial charge in [-0.3, -0.25) is 5.01 Å². The minimum Gasteiger partial charge on any atom is -0.476 e. The van der Waals surface area contributed by atoms with Crippen molar-refractivity contribution in [3.8, 4) is 5.88 Å². The minimum atomic E-state index is 0.423. The van der Waals surface area contributed by atoms with Crippen LogP contribution in [0.2, 0.25) is 0 Å². The van der Waals surface area contributed by atoms with Crippen LogP contribution in [0.5, 0.6) is 5.88 Å². The third-order valence-corrected chi connectivity index (χ3v) is 1.66. The Balaban J connectivity index is 3.05. The van der Waals surface area contributed by atoms with E-state index in [1.54, 1.807) is 6.07 Å². The van der Waals surface area contributed by atoms with E-state index in [0.29, 0.717) is 23.9 Å². The summed E-state index contributed by atoms with van der Waals surface area (Å²) in [5.41, 5.74) is 11.9. The highest BCUT2D eigenvalue weighted by Crippen LogP contribution is 2.26. The van der Waals surface area contributed by atoms with Gasteiger partial charge < -0.3 is 16.2 Å². The molecule has 0 aromatic carbocycles. The van der Waals surface area contributed by atoms with Gasteiger partial charge in [-0.2, -0.15) is 0 Å². The number of nitrogens with two attached hydrogens (primary N) is 3. The van der Waals surface area contributed by atoms with Crippen molar-refractivity contribution in [3.05, 3.63) is 24.7 Å². The molecule has 82 valence electrons. The molecule has 6 N–H and O–H groups in total. The Morgan fingerprint density at radius 3 is 2.93 bits per heavy atom. The van der Waals surface area contributed by atoms with E-state index >= 15 is 0 Å². The predicted octanol–water partition coefficient (Wildman–Crippen LogP) is 0.173. The number of nitrogens with zero attached hydrogens (tertiary/aromatic N) is 2. The third kappa shape index (κ3) is 2.75. The van der Waals surface area contributed by atoms with Crippen LogP contribution in [0.1, 0.15) is 6.92 Å². The minimum absolute atomic E-state index is 0.423. The standard InChI is InChI=1S/C9H15N5O/c1-2-15-9-8(14(12)4-3-10)5-7(11)6-13-9/h3-6H,2,10-12H2,1H3/b4-3-. The first-order chi connectivity index (χ1) is 7.19. The second-order valence-corrected chi connectivity index (χ2v) is 2.77. The molecule has 0 aliphatic carbocycles. The van der Waals surface area contributed by atoms with Crippen molar-refractivity contribution in [2.45, 2.75) is 6.92 Å². The van der Waals surface area contributed by atoms with Crippen molar-refractivity contribution in [1.82, 2.24) is 4.98 Å². The number of anilines is 2. The maximum atomic E-state index is 5.70. The van der Waals surface area contributed by atoms with Crippen molar-refractivity contribution >= 4 is 11.4 Å². The lowest BCUT2D eigenvalue weighted by Gasteiger charge is -2.16. The highest BCUT2D eigenvalue weighted by Gasteiger charge is 2.09. The Labute approximate surface area is 88.3 Å². The molecule has 0 aliphatic heterocycles. The summed E-state index contributed by atoms with van der Waals surface area (Å²) in [4.78, 5) is 4.03. The molecule has 0 aliphatic rings. The molecule has 15 heavy (non-hydrogen) atoms. The van der Waals surface area contributed by atoms with E-state index in [9.17, 15) is 0 Å². The Hall–Kier alpha value is -1.95. The molecule has 1 aromatic heterocycles. The summed E-state index contributed by atoms with van der Waals surface area (Å²) in [5, 5.41) is 1.30. The summed E-state index contributed by atoms with van der Waals surface area (Å²) in [6.07, 6.45) is 4.31. The number of hydrogen-bond acceptors (Lipinski definition) is 6. The summed E-state index contributed by atoms with van der Waals surface area (Å²) < 4.78 is 5.30. The average Bonchev–Trinajstić information content (AvgIpc) is 2.21. The number of hydrogen-bond donors (Lipinski definition) is 3. The highest BCUT2D eigenvalue weighted by atomic mass is 16.5. The number of pyridine rings is 1. The summed E-state index contributed by atoms with van der Waals surface area (Å²) in [7, 11) is 0. The molecule has 1 aromatic rings. The van der Waals surface area contributed by atoms with Gasteiger partial charge in [0.05, 0.1) is 18.5 Å². The average molecular weight is 209 g/mol. The van der Waals surface area contributed by atoms with Gasteiger partial charge in [-0.25, -0.2) is 10.8 Å². The second-order valence-electron chi connectivity index (χ2n) is 2.77. The maximum Gasteiger partial charge on any atom is 0.239 e. The lowest BCUT2D eigenvalue weighted by atomic mass is 10.3. The molecule has 0 saturated heterocycles. The molecule has 0 saturated carbocycles. The lowest BCUT2D eigenvalue weighted by Crippen LogP contribution is -2.25. The molecule has 0 amide bonds. The van der Waals surface area contributed by atoms with Crippen molar-refractivity contribution in [1.29, 1.82) is 0 Å². The summed E-state index contributed by atoms with van der Waals surface area (Å²) in [5.74, 6) is 6.12. The van der Waals surface area contributed by atoms with E-state index in [2.05, 4.69) is 4.98 Å². The Kier molecular flexibility index (Phi) is 3.75. The largest absolute Gasteiger partial charge is 0.476 e. The van der Waals surface area contributed by atoms with E-state index in [4.69, 9.17) is 22.0 Å². The summed E-state index contributed by atoms with van der Waals surface area (Å²) in [6.45, 7) is 2.37. The number of rotatable bonds is 4. The molecule has 1 rings (SSSR count). The zero-order valence-corrected chi connectivity index (χ0v) is 8.55. The Bertz CT molecular complexity index is 352. The fourth-order valence-electron chi connectivity index (χ4n) is 1.06. The quantitative estimate of drug-likeness (QED) is 0.482. The van der Waals surface area contributed by atoms with Gasteiger partial charge in [-0.1, -0.05) is 0 Å². The molecule has 1 heterocycles. The van der Waals surface area contributed by atoms with Crippen LogP contribution in [0.15, 0.2) is 24.7 Å². The monoisotopic (exact) mass is 209 g/mol. The van der Waals surface area contributed by atoms with Crippen molar-refractivity contribution in [3.63, 3.8) is 0 Å². The molecule has 0 atom stereocenters. The number of nitrogen functional groups attached to an aromatic ring is 1. The molecular weight excluding hydrogens is 194 g/mol. The fraction of sp³-hybridized carbons (Fsp3) is 0.222. The number of hydrazine groups is 1. The van der Waals surface area contributed by atoms with E-state index in [1.807, 2.05) is 6.92 Å². The molecule has 6 heteroatoms. The number of ether oxygens (including phenoxy) is 1. The summed E-state index contributed by atoms with van der Waals surface area (Å²) in [6, 6.07) is 1.66. The predicted molar refractivity (Wildman–Crippen MR) is 59.8 cm³/mol. The van der Waals surface area contributed by atoms with Gasteiger partial charge in [0, 0.05) is 12.4 Å². The normalized spacial score (nSPS) is 10.5. The van der Waals surface area contributed by atoms with E-state index in [-0.39, 0.29) is 0 Å². The van der Waals surface area contributed by atoms with Gasteiger partial charge in [0.15, 0.2) is 0 Å². The van der Waals surface area contributed by atoms with Gasteiger partial charge in [0.1, 0.15) is 5.69 Å². The van der Waals surface area contributed by atoms with E-state index < -0.39 is 0 Å². The molecule has 0 bridgehead atoms. The highest BCUT2D eigenvalue weighted by molar-refractivity contribution is 5.61. The maximum absolute atomic E-state index is 5.70. The molecule has 0 radical (unpaired) electrons. The van der Waals surface area contributed by atoms with Gasteiger partial charge in [-0.05, 0) is 13.0 Å². The molecule has 0 unspecified atom stereocenters. The fourth-order valence-corrected chi connectivity index (χ4v) is 1.06. The van der Waals surface area contributed by atoms with E-state index in [1.165, 1.54) is 23.6 Å². The first-order valence-corrected chi connectivity index (χ1v) is 4.49.